The van der Waals surface area contributed by atoms with E-state index >= 15 is 0 Å². The number of aryl methyl sites for hydroxylation is 3. The van der Waals surface area contributed by atoms with Crippen molar-refractivity contribution in [2.45, 2.75) is 51.7 Å². The molecule has 0 spiro atoms. The quantitative estimate of drug-likeness (QED) is 0.609. The summed E-state index contributed by atoms with van der Waals surface area (Å²) < 4.78 is 13.7. The third kappa shape index (κ3) is 3.10. The van der Waals surface area contributed by atoms with Gasteiger partial charge in [-0.25, -0.2) is 0 Å². The van der Waals surface area contributed by atoms with Crippen molar-refractivity contribution >= 4 is 10.9 Å². The summed E-state index contributed by atoms with van der Waals surface area (Å²) >= 11 is 0. The van der Waals surface area contributed by atoms with Gasteiger partial charge >= 0.3 is 0 Å². The molecule has 2 aromatic carbocycles. The Bertz CT molecular complexity index is 1050. The van der Waals surface area contributed by atoms with E-state index in [4.69, 9.17) is 9.47 Å². The summed E-state index contributed by atoms with van der Waals surface area (Å²) in [6, 6.07) is 13.7. The minimum atomic E-state index is 0.487. The third-order valence-electron chi connectivity index (χ3n) is 6.72. The van der Waals surface area contributed by atoms with Gasteiger partial charge in [0.25, 0.3) is 0 Å². The molecule has 1 aliphatic carbocycles. The summed E-state index contributed by atoms with van der Waals surface area (Å²) in [5.74, 6) is 1.76. The molecule has 1 aromatic heterocycles. The van der Waals surface area contributed by atoms with Crippen molar-refractivity contribution < 1.29 is 9.47 Å². The molecule has 1 aliphatic heterocycles. The van der Waals surface area contributed by atoms with Gasteiger partial charge in [0.05, 0.1) is 20.3 Å². The van der Waals surface area contributed by atoms with Crippen LogP contribution in [0.5, 0.6) is 11.5 Å². The van der Waals surface area contributed by atoms with Gasteiger partial charge in [-0.1, -0.05) is 17.7 Å². The van der Waals surface area contributed by atoms with E-state index in [1.54, 1.807) is 25.5 Å². The Morgan fingerprint density at radius 1 is 1.00 bits per heavy atom. The lowest BCUT2D eigenvalue weighted by Gasteiger charge is -2.34. The Morgan fingerprint density at radius 2 is 1.90 bits per heavy atom. The predicted octanol–water partition coefficient (Wildman–Crippen LogP) is 5.25. The second kappa shape index (κ2) is 7.42. The summed E-state index contributed by atoms with van der Waals surface area (Å²) in [4.78, 5) is 2.68. The van der Waals surface area contributed by atoms with Gasteiger partial charge in [-0.2, -0.15) is 0 Å². The highest BCUT2D eigenvalue weighted by Crippen LogP contribution is 2.43. The maximum Gasteiger partial charge on any atom is 0.127 e. The van der Waals surface area contributed by atoms with Crippen LogP contribution in [0, 0.1) is 6.92 Å². The van der Waals surface area contributed by atoms with Gasteiger partial charge in [-0.3, -0.25) is 4.90 Å². The van der Waals surface area contributed by atoms with Crippen LogP contribution in [0.3, 0.4) is 0 Å². The predicted molar refractivity (Wildman–Crippen MR) is 117 cm³/mol. The number of hydrogen-bond donors (Lipinski definition) is 0. The molecule has 2 aliphatic rings. The number of rotatable bonds is 4. The first-order valence-corrected chi connectivity index (χ1v) is 10.8. The van der Waals surface area contributed by atoms with Crippen molar-refractivity contribution in [2.24, 2.45) is 0 Å². The van der Waals surface area contributed by atoms with Crippen LogP contribution in [-0.4, -0.2) is 30.2 Å². The number of nitrogens with zero attached hydrogens (tertiary/aromatic N) is 2. The monoisotopic (exact) mass is 390 g/mol. The molecule has 29 heavy (non-hydrogen) atoms. The van der Waals surface area contributed by atoms with Crippen LogP contribution in [0.2, 0.25) is 0 Å². The second-order valence-corrected chi connectivity index (χ2v) is 8.45. The molecule has 2 heterocycles. The fourth-order valence-electron chi connectivity index (χ4n) is 5.38. The second-order valence-electron chi connectivity index (χ2n) is 8.45. The minimum absolute atomic E-state index is 0.487. The molecule has 1 atom stereocenters. The van der Waals surface area contributed by atoms with E-state index in [1.165, 1.54) is 47.7 Å². The maximum atomic E-state index is 5.69. The standard InChI is InChI=1S/C25H30N2O2/c1-17-8-11-22-21(14-17)20-6-4-7-23-25(20)27(22)13-5-12-26(23)16-18-9-10-19(28-2)15-24(18)29-3/h8-11,14-15,23H,4-7,12-13,16H2,1-3H3/t23-/m0/s1. The third-order valence-corrected chi connectivity index (χ3v) is 6.72. The molecule has 0 bridgehead atoms. The van der Waals surface area contributed by atoms with Gasteiger partial charge < -0.3 is 14.0 Å². The van der Waals surface area contributed by atoms with Gasteiger partial charge in [-0.15, -0.1) is 0 Å². The molecule has 0 N–H and O–H groups in total. The lowest BCUT2D eigenvalue weighted by molar-refractivity contribution is 0.171. The Hall–Kier alpha value is -2.46. The Labute approximate surface area is 173 Å². The fraction of sp³-hybridized carbons (Fsp3) is 0.440. The molecule has 0 unspecified atom stereocenters. The molecule has 4 heteroatoms. The van der Waals surface area contributed by atoms with Crippen molar-refractivity contribution in [1.82, 2.24) is 9.47 Å². The molecule has 152 valence electrons. The summed E-state index contributed by atoms with van der Waals surface area (Å²) in [6.07, 6.45) is 4.89. The molecular formula is C25H30N2O2. The summed E-state index contributed by atoms with van der Waals surface area (Å²) in [6.45, 7) is 5.35. The maximum absolute atomic E-state index is 5.69. The van der Waals surface area contributed by atoms with Gasteiger partial charge in [0.2, 0.25) is 0 Å². The largest absolute Gasteiger partial charge is 0.497 e. The van der Waals surface area contributed by atoms with Gasteiger partial charge in [0.15, 0.2) is 0 Å². The first kappa shape index (κ1) is 18.6. The molecule has 0 saturated heterocycles. The first-order chi connectivity index (χ1) is 14.2. The van der Waals surface area contributed by atoms with Crippen LogP contribution in [-0.2, 0) is 19.5 Å². The highest BCUT2D eigenvalue weighted by atomic mass is 16.5. The number of methoxy groups -OCH3 is 2. The van der Waals surface area contributed by atoms with E-state index < -0.39 is 0 Å². The van der Waals surface area contributed by atoms with Crippen LogP contribution in [0.1, 0.15) is 47.7 Å². The van der Waals surface area contributed by atoms with Gasteiger partial charge in [-0.05, 0) is 56.4 Å². The number of hydrogen-bond acceptors (Lipinski definition) is 3. The SMILES string of the molecule is COc1ccc(CN2CCCn3c4c(c5cc(C)ccc53)CCC[C@@H]42)c(OC)c1. The molecule has 4 nitrogen and oxygen atoms in total. The van der Waals surface area contributed by atoms with Crippen molar-refractivity contribution in [2.75, 3.05) is 20.8 Å². The number of aromatic nitrogens is 1. The molecule has 0 radical (unpaired) electrons. The number of ether oxygens (including phenoxy) is 2. The zero-order valence-corrected chi connectivity index (χ0v) is 17.7. The topological polar surface area (TPSA) is 26.6 Å². The Morgan fingerprint density at radius 3 is 2.72 bits per heavy atom. The molecule has 0 amide bonds. The van der Waals surface area contributed by atoms with Gasteiger partial charge in [0, 0.05) is 47.9 Å². The lowest BCUT2D eigenvalue weighted by Crippen LogP contribution is -2.31. The zero-order valence-electron chi connectivity index (χ0n) is 17.7. The average molecular weight is 391 g/mol. The van der Waals surface area contributed by atoms with Crippen LogP contribution in [0.25, 0.3) is 10.9 Å². The van der Waals surface area contributed by atoms with E-state index in [0.717, 1.165) is 31.1 Å². The van der Waals surface area contributed by atoms with Crippen LogP contribution in [0.4, 0.5) is 0 Å². The van der Waals surface area contributed by atoms with Crippen molar-refractivity contribution in [1.29, 1.82) is 0 Å². The van der Waals surface area contributed by atoms with Crippen molar-refractivity contribution in [3.8, 4) is 11.5 Å². The van der Waals surface area contributed by atoms with E-state index in [1.807, 2.05) is 12.1 Å². The van der Waals surface area contributed by atoms with E-state index in [9.17, 15) is 0 Å². The number of fused-ring (bicyclic) bond motifs is 3. The molecule has 0 fully saturated rings. The number of benzene rings is 2. The Balaban J connectivity index is 1.56. The Kier molecular flexibility index (Phi) is 4.75. The zero-order chi connectivity index (χ0) is 20.0. The molecule has 0 saturated carbocycles. The van der Waals surface area contributed by atoms with Crippen LogP contribution in [0.15, 0.2) is 36.4 Å². The average Bonchev–Trinajstić information content (AvgIpc) is 2.93. The summed E-state index contributed by atoms with van der Waals surface area (Å²) in [5, 5.41) is 1.48. The van der Waals surface area contributed by atoms with Crippen molar-refractivity contribution in [3.05, 3.63) is 58.8 Å². The highest BCUT2D eigenvalue weighted by molar-refractivity contribution is 5.87. The minimum Gasteiger partial charge on any atom is -0.497 e. The molecular weight excluding hydrogens is 360 g/mol. The summed E-state index contributed by atoms with van der Waals surface area (Å²) in [7, 11) is 3.45. The summed E-state index contributed by atoms with van der Waals surface area (Å²) in [5.41, 5.74) is 7.18. The van der Waals surface area contributed by atoms with Crippen LogP contribution >= 0.6 is 0 Å². The normalized spacial score (nSPS) is 19.1. The van der Waals surface area contributed by atoms with E-state index in [-0.39, 0.29) is 0 Å². The molecule has 3 aromatic rings. The van der Waals surface area contributed by atoms with E-state index in [0.29, 0.717) is 6.04 Å². The fourth-order valence-corrected chi connectivity index (χ4v) is 5.38. The van der Waals surface area contributed by atoms with Crippen LogP contribution < -0.4 is 9.47 Å². The van der Waals surface area contributed by atoms with E-state index in [2.05, 4.69) is 40.7 Å². The lowest BCUT2D eigenvalue weighted by atomic mass is 9.90. The smallest absolute Gasteiger partial charge is 0.127 e. The first-order valence-electron chi connectivity index (χ1n) is 10.8. The van der Waals surface area contributed by atoms with Crippen molar-refractivity contribution in [3.63, 3.8) is 0 Å². The highest BCUT2D eigenvalue weighted by Gasteiger charge is 2.33. The van der Waals surface area contributed by atoms with Gasteiger partial charge in [0.1, 0.15) is 11.5 Å². The molecule has 5 rings (SSSR count).